The summed E-state index contributed by atoms with van der Waals surface area (Å²) in [6, 6.07) is 0. The third-order valence-electron chi connectivity index (χ3n) is 3.88. The van der Waals surface area contributed by atoms with E-state index in [1.807, 2.05) is 0 Å². The molecule has 0 aromatic carbocycles. The lowest BCUT2D eigenvalue weighted by atomic mass is 9.86. The van der Waals surface area contributed by atoms with Gasteiger partial charge in [0.2, 0.25) is 0 Å². The summed E-state index contributed by atoms with van der Waals surface area (Å²) in [6.07, 6.45) is 8.32. The second kappa shape index (κ2) is 7.38. The third-order valence-corrected chi connectivity index (χ3v) is 3.88. The van der Waals surface area contributed by atoms with Gasteiger partial charge in [-0.05, 0) is 52.0 Å². The molecule has 0 aromatic rings. The maximum atomic E-state index is 5.18. The van der Waals surface area contributed by atoms with Crippen LogP contribution in [0.15, 0.2) is 0 Å². The molecule has 1 rings (SSSR count). The Bertz CT molecular complexity index is 192. The van der Waals surface area contributed by atoms with Gasteiger partial charge in [-0.1, -0.05) is 25.7 Å². The van der Waals surface area contributed by atoms with Crippen LogP contribution in [0.25, 0.3) is 0 Å². The van der Waals surface area contributed by atoms with E-state index in [1.54, 1.807) is 7.11 Å². The van der Waals surface area contributed by atoms with E-state index in [1.165, 1.54) is 45.1 Å². The SMILES string of the molecule is COCCCC(CNC(C)(C)C)C1CCCC1. The molecule has 0 saturated heterocycles. The molecule has 17 heavy (non-hydrogen) atoms. The lowest BCUT2D eigenvalue weighted by molar-refractivity contribution is 0.176. The minimum atomic E-state index is 0.248. The molecule has 2 heteroatoms. The van der Waals surface area contributed by atoms with Crippen molar-refractivity contribution >= 4 is 0 Å². The fraction of sp³-hybridized carbons (Fsp3) is 1.00. The predicted molar refractivity (Wildman–Crippen MR) is 74.3 cm³/mol. The van der Waals surface area contributed by atoms with Crippen LogP contribution < -0.4 is 5.32 Å². The van der Waals surface area contributed by atoms with Crippen LogP contribution >= 0.6 is 0 Å². The predicted octanol–water partition coefficient (Wildman–Crippen LogP) is 3.61. The van der Waals surface area contributed by atoms with Crippen LogP contribution in [0.4, 0.5) is 0 Å². The summed E-state index contributed by atoms with van der Waals surface area (Å²) in [5, 5.41) is 3.68. The van der Waals surface area contributed by atoms with Crippen LogP contribution in [0, 0.1) is 11.8 Å². The van der Waals surface area contributed by atoms with E-state index in [4.69, 9.17) is 4.74 Å². The average Bonchev–Trinajstić information content (AvgIpc) is 2.75. The van der Waals surface area contributed by atoms with Crippen molar-refractivity contribution in [3.8, 4) is 0 Å². The molecule has 1 N–H and O–H groups in total. The summed E-state index contributed by atoms with van der Waals surface area (Å²) in [4.78, 5) is 0. The Morgan fingerprint density at radius 3 is 2.41 bits per heavy atom. The van der Waals surface area contributed by atoms with Crippen molar-refractivity contribution in [1.82, 2.24) is 5.32 Å². The van der Waals surface area contributed by atoms with Gasteiger partial charge in [0.05, 0.1) is 0 Å². The van der Waals surface area contributed by atoms with Crippen LogP contribution in [0.5, 0.6) is 0 Å². The Kier molecular flexibility index (Phi) is 6.50. The molecule has 0 bridgehead atoms. The molecule has 102 valence electrons. The zero-order valence-corrected chi connectivity index (χ0v) is 12.2. The Hall–Kier alpha value is -0.0800. The molecule has 1 aliphatic carbocycles. The highest BCUT2D eigenvalue weighted by Gasteiger charge is 2.25. The maximum Gasteiger partial charge on any atom is 0.0462 e. The molecule has 0 spiro atoms. The van der Waals surface area contributed by atoms with E-state index >= 15 is 0 Å². The highest BCUT2D eigenvalue weighted by Crippen LogP contribution is 2.33. The van der Waals surface area contributed by atoms with Gasteiger partial charge in [-0.2, -0.15) is 0 Å². The number of methoxy groups -OCH3 is 1. The topological polar surface area (TPSA) is 21.3 Å². The monoisotopic (exact) mass is 241 g/mol. The lowest BCUT2D eigenvalue weighted by Gasteiger charge is -2.29. The van der Waals surface area contributed by atoms with Gasteiger partial charge in [-0.3, -0.25) is 0 Å². The minimum Gasteiger partial charge on any atom is -0.385 e. The van der Waals surface area contributed by atoms with Crippen molar-refractivity contribution in [1.29, 1.82) is 0 Å². The van der Waals surface area contributed by atoms with Crippen LogP contribution in [0.3, 0.4) is 0 Å². The normalized spacial score (nSPS) is 19.8. The van der Waals surface area contributed by atoms with Gasteiger partial charge in [-0.25, -0.2) is 0 Å². The van der Waals surface area contributed by atoms with Crippen molar-refractivity contribution < 1.29 is 4.74 Å². The first-order chi connectivity index (χ1) is 8.03. The van der Waals surface area contributed by atoms with E-state index in [2.05, 4.69) is 26.1 Å². The fourth-order valence-electron chi connectivity index (χ4n) is 2.86. The second-order valence-electron chi connectivity index (χ2n) is 6.57. The van der Waals surface area contributed by atoms with Crippen LogP contribution in [-0.2, 0) is 4.74 Å². The summed E-state index contributed by atoms with van der Waals surface area (Å²) in [6.45, 7) is 8.87. The number of ether oxygens (including phenoxy) is 1. The molecule has 1 saturated carbocycles. The summed E-state index contributed by atoms with van der Waals surface area (Å²) >= 11 is 0. The standard InChI is InChI=1S/C15H31NO/c1-15(2,3)16-12-14(10-7-11-17-4)13-8-5-6-9-13/h13-14,16H,5-12H2,1-4H3. The smallest absolute Gasteiger partial charge is 0.0462 e. The van der Waals surface area contributed by atoms with E-state index < -0.39 is 0 Å². The first kappa shape index (κ1) is 15.0. The van der Waals surface area contributed by atoms with Crippen molar-refractivity contribution in [2.24, 2.45) is 11.8 Å². The number of hydrogen-bond acceptors (Lipinski definition) is 2. The Labute approximate surface area is 108 Å². The van der Waals surface area contributed by atoms with Gasteiger partial charge in [0.1, 0.15) is 0 Å². The van der Waals surface area contributed by atoms with E-state index in [-0.39, 0.29) is 5.54 Å². The molecule has 1 unspecified atom stereocenters. The highest BCUT2D eigenvalue weighted by atomic mass is 16.5. The summed E-state index contributed by atoms with van der Waals surface area (Å²) < 4.78 is 5.18. The van der Waals surface area contributed by atoms with Gasteiger partial charge in [0.15, 0.2) is 0 Å². The minimum absolute atomic E-state index is 0.248. The van der Waals surface area contributed by atoms with E-state index in [0.29, 0.717) is 0 Å². The average molecular weight is 241 g/mol. The zero-order chi connectivity index (χ0) is 12.7. The van der Waals surface area contributed by atoms with Crippen LogP contribution in [0.2, 0.25) is 0 Å². The number of rotatable bonds is 7. The highest BCUT2D eigenvalue weighted by molar-refractivity contribution is 4.80. The molecular weight excluding hydrogens is 210 g/mol. The number of nitrogens with one attached hydrogen (secondary N) is 1. The summed E-state index contributed by atoms with van der Waals surface area (Å²) in [5.74, 6) is 1.81. The molecule has 0 aliphatic heterocycles. The molecule has 0 heterocycles. The molecule has 1 atom stereocenters. The Balaban J connectivity index is 2.35. The number of hydrogen-bond donors (Lipinski definition) is 1. The largest absolute Gasteiger partial charge is 0.385 e. The zero-order valence-electron chi connectivity index (χ0n) is 12.2. The van der Waals surface area contributed by atoms with Gasteiger partial charge < -0.3 is 10.1 Å². The van der Waals surface area contributed by atoms with Gasteiger partial charge >= 0.3 is 0 Å². The second-order valence-corrected chi connectivity index (χ2v) is 6.57. The summed E-state index contributed by atoms with van der Waals surface area (Å²) in [5.41, 5.74) is 0.248. The molecule has 1 aliphatic rings. The lowest BCUT2D eigenvalue weighted by Crippen LogP contribution is -2.40. The molecule has 2 nitrogen and oxygen atoms in total. The van der Waals surface area contributed by atoms with Gasteiger partial charge in [0, 0.05) is 19.3 Å². The quantitative estimate of drug-likeness (QED) is 0.688. The maximum absolute atomic E-state index is 5.18. The van der Waals surface area contributed by atoms with Crippen molar-refractivity contribution in [3.63, 3.8) is 0 Å². The van der Waals surface area contributed by atoms with Gasteiger partial charge in [-0.15, -0.1) is 0 Å². The molecule has 0 radical (unpaired) electrons. The van der Waals surface area contributed by atoms with Crippen molar-refractivity contribution in [2.75, 3.05) is 20.3 Å². The third kappa shape index (κ3) is 6.42. The summed E-state index contributed by atoms with van der Waals surface area (Å²) in [7, 11) is 1.80. The molecular formula is C15H31NO. The first-order valence-electron chi connectivity index (χ1n) is 7.27. The Morgan fingerprint density at radius 2 is 1.88 bits per heavy atom. The van der Waals surface area contributed by atoms with Crippen molar-refractivity contribution in [2.45, 2.75) is 64.8 Å². The van der Waals surface area contributed by atoms with E-state index in [9.17, 15) is 0 Å². The van der Waals surface area contributed by atoms with Crippen molar-refractivity contribution in [3.05, 3.63) is 0 Å². The van der Waals surface area contributed by atoms with E-state index in [0.717, 1.165) is 18.4 Å². The Morgan fingerprint density at radius 1 is 1.24 bits per heavy atom. The molecule has 1 fully saturated rings. The fourth-order valence-corrected chi connectivity index (χ4v) is 2.86. The van der Waals surface area contributed by atoms with Gasteiger partial charge in [0.25, 0.3) is 0 Å². The van der Waals surface area contributed by atoms with Crippen LogP contribution in [0.1, 0.15) is 59.3 Å². The molecule has 0 aromatic heterocycles. The van der Waals surface area contributed by atoms with Crippen LogP contribution in [-0.4, -0.2) is 25.8 Å². The molecule has 0 amide bonds. The first-order valence-corrected chi connectivity index (χ1v) is 7.27.